The minimum absolute atomic E-state index is 0.0966. The van der Waals surface area contributed by atoms with Gasteiger partial charge in [-0.15, -0.1) is 0 Å². The van der Waals surface area contributed by atoms with Crippen LogP contribution in [0.5, 0.6) is 17.2 Å². The summed E-state index contributed by atoms with van der Waals surface area (Å²) in [4.78, 5) is 42.1. The standard InChI is InChI=1S/C25H23N3O8S/c1-5-36-24(31)20-13(2)26-25-27(21(20)16-10-9-15(34-3)12-18(16)35-4)23(30)19(37-25)11-14-7-6-8-17(22(14)29)28(32)33/h6-12,21,29H,5H2,1-4H3/b19-11+/t21-/m0/s1. The molecule has 1 aromatic heterocycles. The van der Waals surface area contributed by atoms with Crippen molar-refractivity contribution in [3.63, 3.8) is 0 Å². The summed E-state index contributed by atoms with van der Waals surface area (Å²) in [5.74, 6) is -0.286. The fraction of sp³-hybridized carbons (Fsp3) is 0.240. The normalized spacial score (nSPS) is 15.1. The summed E-state index contributed by atoms with van der Waals surface area (Å²) in [6.07, 6.45) is 1.36. The Bertz CT molecular complexity index is 1620. The number of para-hydroxylation sites is 1. The van der Waals surface area contributed by atoms with Crippen molar-refractivity contribution >= 4 is 29.1 Å². The fourth-order valence-electron chi connectivity index (χ4n) is 4.08. The third-order valence-electron chi connectivity index (χ3n) is 5.78. The zero-order chi connectivity index (χ0) is 26.9. The first-order chi connectivity index (χ1) is 17.7. The molecule has 0 fully saturated rings. The van der Waals surface area contributed by atoms with E-state index in [0.29, 0.717) is 27.6 Å². The van der Waals surface area contributed by atoms with Crippen LogP contribution in [0.25, 0.3) is 6.08 Å². The Kier molecular flexibility index (Phi) is 7.11. The third-order valence-corrected chi connectivity index (χ3v) is 6.76. The molecule has 0 radical (unpaired) electrons. The number of carbonyl (C=O) groups excluding carboxylic acids is 1. The molecule has 0 saturated carbocycles. The van der Waals surface area contributed by atoms with Gasteiger partial charge in [-0.05, 0) is 32.1 Å². The molecule has 1 atom stereocenters. The lowest BCUT2D eigenvalue weighted by Gasteiger charge is -2.26. The van der Waals surface area contributed by atoms with E-state index < -0.39 is 33.9 Å². The number of nitrogens with zero attached hydrogens (tertiary/aromatic N) is 3. The molecule has 0 unspecified atom stereocenters. The summed E-state index contributed by atoms with van der Waals surface area (Å²) in [6, 6.07) is 8.13. The molecule has 1 N–H and O–H groups in total. The van der Waals surface area contributed by atoms with Crippen LogP contribution in [0, 0.1) is 10.1 Å². The van der Waals surface area contributed by atoms with Crippen molar-refractivity contribution < 1.29 is 29.0 Å². The minimum Gasteiger partial charge on any atom is -0.502 e. The number of thiazole rings is 1. The predicted octanol–water partition coefficient (Wildman–Crippen LogP) is 2.43. The number of esters is 1. The van der Waals surface area contributed by atoms with Crippen LogP contribution in [0.15, 0.2) is 57.5 Å². The lowest BCUT2D eigenvalue weighted by molar-refractivity contribution is -0.385. The summed E-state index contributed by atoms with van der Waals surface area (Å²) in [6.45, 7) is 3.45. The molecule has 4 rings (SSSR count). The SMILES string of the molecule is CCOC(=O)C1=C(C)N=c2s/c(=C/c3cccc([N+](=O)[O-])c3O)c(=O)n2[C@H]1c1ccc(OC)cc1OC. The molecule has 192 valence electrons. The maximum Gasteiger partial charge on any atom is 0.338 e. The first kappa shape index (κ1) is 25.6. The molecule has 1 aliphatic rings. The molecule has 1 aliphatic heterocycles. The van der Waals surface area contributed by atoms with Crippen molar-refractivity contribution in [1.82, 2.24) is 4.57 Å². The van der Waals surface area contributed by atoms with Gasteiger partial charge in [0.25, 0.3) is 5.56 Å². The fourth-order valence-corrected chi connectivity index (χ4v) is 5.12. The Labute approximate surface area is 214 Å². The molecule has 0 spiro atoms. The molecule has 0 amide bonds. The molecule has 3 aromatic rings. The van der Waals surface area contributed by atoms with Crippen LogP contribution in [0.2, 0.25) is 0 Å². The van der Waals surface area contributed by atoms with Crippen molar-refractivity contribution in [2.24, 2.45) is 4.99 Å². The second-order valence-corrected chi connectivity index (χ2v) is 8.89. The monoisotopic (exact) mass is 525 g/mol. The Morgan fingerprint density at radius 1 is 1.27 bits per heavy atom. The molecule has 12 heteroatoms. The van der Waals surface area contributed by atoms with Gasteiger partial charge < -0.3 is 19.3 Å². The molecule has 0 saturated heterocycles. The number of nitro groups is 1. The molecular formula is C25H23N3O8S. The molecular weight excluding hydrogens is 502 g/mol. The number of phenols is 1. The number of hydrogen-bond donors (Lipinski definition) is 1. The van der Waals surface area contributed by atoms with Gasteiger partial charge in [0.2, 0.25) is 5.75 Å². The van der Waals surface area contributed by atoms with E-state index in [-0.39, 0.29) is 22.3 Å². The molecule has 11 nitrogen and oxygen atoms in total. The highest BCUT2D eigenvalue weighted by Crippen LogP contribution is 2.37. The third kappa shape index (κ3) is 4.58. The lowest BCUT2D eigenvalue weighted by atomic mass is 9.95. The second-order valence-electron chi connectivity index (χ2n) is 7.88. The van der Waals surface area contributed by atoms with Crippen LogP contribution in [-0.2, 0) is 9.53 Å². The highest BCUT2D eigenvalue weighted by molar-refractivity contribution is 7.07. The van der Waals surface area contributed by atoms with Crippen LogP contribution in [0.3, 0.4) is 0 Å². The number of aromatic hydroxyl groups is 1. The van der Waals surface area contributed by atoms with Crippen LogP contribution >= 0.6 is 11.3 Å². The lowest BCUT2D eigenvalue weighted by Crippen LogP contribution is -2.40. The van der Waals surface area contributed by atoms with Gasteiger partial charge in [0.1, 0.15) is 17.5 Å². The zero-order valence-electron chi connectivity index (χ0n) is 20.4. The predicted molar refractivity (Wildman–Crippen MR) is 135 cm³/mol. The van der Waals surface area contributed by atoms with E-state index in [0.717, 1.165) is 11.3 Å². The van der Waals surface area contributed by atoms with Crippen molar-refractivity contribution in [2.45, 2.75) is 19.9 Å². The molecule has 0 aliphatic carbocycles. The van der Waals surface area contributed by atoms with Gasteiger partial charge in [0.05, 0.1) is 41.6 Å². The first-order valence-corrected chi connectivity index (χ1v) is 11.9. The summed E-state index contributed by atoms with van der Waals surface area (Å²) in [5.41, 5.74) is 0.148. The van der Waals surface area contributed by atoms with Crippen LogP contribution in [0.4, 0.5) is 5.69 Å². The molecule has 2 aromatic carbocycles. The number of carbonyl (C=O) groups is 1. The summed E-state index contributed by atoms with van der Waals surface area (Å²) >= 11 is 1.03. The summed E-state index contributed by atoms with van der Waals surface area (Å²) in [7, 11) is 2.97. The number of nitro benzene ring substituents is 1. The van der Waals surface area contributed by atoms with Gasteiger partial charge in [-0.3, -0.25) is 19.5 Å². The number of benzene rings is 2. The summed E-state index contributed by atoms with van der Waals surface area (Å²) in [5, 5.41) is 21.6. The van der Waals surface area contributed by atoms with E-state index in [1.165, 1.54) is 43.1 Å². The number of methoxy groups -OCH3 is 2. The number of hydrogen-bond acceptors (Lipinski definition) is 10. The highest BCUT2D eigenvalue weighted by Gasteiger charge is 2.35. The van der Waals surface area contributed by atoms with Gasteiger partial charge in [0.15, 0.2) is 4.80 Å². The number of allylic oxidation sites excluding steroid dienone is 1. The average Bonchev–Trinajstić information content (AvgIpc) is 3.18. The zero-order valence-corrected chi connectivity index (χ0v) is 21.2. The smallest absolute Gasteiger partial charge is 0.338 e. The Morgan fingerprint density at radius 2 is 2.03 bits per heavy atom. The van der Waals surface area contributed by atoms with Crippen molar-refractivity contribution in [3.8, 4) is 17.2 Å². The maximum absolute atomic E-state index is 13.7. The average molecular weight is 526 g/mol. The van der Waals surface area contributed by atoms with Crippen LogP contribution in [-0.4, -0.2) is 41.4 Å². The van der Waals surface area contributed by atoms with Gasteiger partial charge >= 0.3 is 11.7 Å². The van der Waals surface area contributed by atoms with Crippen molar-refractivity contribution in [1.29, 1.82) is 0 Å². The van der Waals surface area contributed by atoms with Gasteiger partial charge in [-0.2, -0.15) is 0 Å². The topological polar surface area (TPSA) is 142 Å². The van der Waals surface area contributed by atoms with E-state index in [9.17, 15) is 24.8 Å². The van der Waals surface area contributed by atoms with E-state index in [1.54, 1.807) is 32.0 Å². The maximum atomic E-state index is 13.7. The number of phenolic OH excluding ortho intramolecular Hbond substituents is 1. The number of rotatable bonds is 7. The van der Waals surface area contributed by atoms with E-state index in [2.05, 4.69) is 4.99 Å². The minimum atomic E-state index is -0.933. The Balaban J connectivity index is 2.01. The van der Waals surface area contributed by atoms with Crippen molar-refractivity contribution in [3.05, 3.63) is 88.6 Å². The summed E-state index contributed by atoms with van der Waals surface area (Å²) < 4.78 is 17.7. The van der Waals surface area contributed by atoms with Crippen LogP contribution < -0.4 is 24.4 Å². The van der Waals surface area contributed by atoms with E-state index in [4.69, 9.17) is 14.2 Å². The molecule has 37 heavy (non-hydrogen) atoms. The number of fused-ring (bicyclic) bond motifs is 1. The van der Waals surface area contributed by atoms with Crippen LogP contribution in [0.1, 0.15) is 31.0 Å². The van der Waals surface area contributed by atoms with E-state index >= 15 is 0 Å². The van der Waals surface area contributed by atoms with Gasteiger partial charge in [0, 0.05) is 23.3 Å². The van der Waals surface area contributed by atoms with Gasteiger partial charge in [-0.25, -0.2) is 9.79 Å². The number of aromatic nitrogens is 1. The largest absolute Gasteiger partial charge is 0.502 e. The van der Waals surface area contributed by atoms with Crippen molar-refractivity contribution in [2.75, 3.05) is 20.8 Å². The molecule has 0 bridgehead atoms. The first-order valence-electron chi connectivity index (χ1n) is 11.1. The van der Waals surface area contributed by atoms with Gasteiger partial charge in [-0.1, -0.05) is 23.5 Å². The quantitative estimate of drug-likeness (QED) is 0.282. The Morgan fingerprint density at radius 3 is 2.68 bits per heavy atom. The molecule has 2 heterocycles. The number of ether oxygens (including phenoxy) is 3. The second kappa shape index (κ2) is 10.3. The van der Waals surface area contributed by atoms with E-state index in [1.807, 2.05) is 0 Å². The highest BCUT2D eigenvalue weighted by atomic mass is 32.1. The Hall–Kier alpha value is -4.45.